The van der Waals surface area contributed by atoms with Crippen molar-refractivity contribution in [2.75, 3.05) is 19.4 Å². The molecular weight excluding hydrogens is 266 g/mol. The van der Waals surface area contributed by atoms with Gasteiger partial charge >= 0.3 is 5.97 Å². The minimum Gasteiger partial charge on any atom is -0.465 e. The third-order valence-corrected chi connectivity index (χ3v) is 4.35. The summed E-state index contributed by atoms with van der Waals surface area (Å²) in [5, 5.41) is 0. The largest absolute Gasteiger partial charge is 0.465 e. The number of rotatable bonds is 7. The minimum absolute atomic E-state index is 0.0149. The van der Waals surface area contributed by atoms with Crippen LogP contribution in [0, 0.1) is 0 Å². The molecule has 0 aliphatic heterocycles. The fraction of sp³-hybridized carbons (Fsp3) is 0.462. The van der Waals surface area contributed by atoms with Crippen molar-refractivity contribution >= 4 is 15.8 Å². The van der Waals surface area contributed by atoms with Crippen LogP contribution in [0.4, 0.5) is 0 Å². The zero-order valence-electron chi connectivity index (χ0n) is 11.0. The molecule has 0 atom stereocenters. The second-order valence-electron chi connectivity index (χ2n) is 4.28. The molecule has 0 unspecified atom stereocenters. The van der Waals surface area contributed by atoms with Gasteiger partial charge in [0.15, 0.2) is 9.84 Å². The van der Waals surface area contributed by atoms with Gasteiger partial charge in [0, 0.05) is 0 Å². The molecule has 0 aliphatic rings. The third kappa shape index (κ3) is 5.40. The number of esters is 1. The topological polar surface area (TPSA) is 86.5 Å². The maximum absolute atomic E-state index is 11.8. The molecule has 0 saturated carbocycles. The molecule has 0 bridgehead atoms. The Labute approximate surface area is 113 Å². The van der Waals surface area contributed by atoms with Gasteiger partial charge in [-0.2, -0.15) is 0 Å². The Bertz CT molecular complexity index is 508. The number of benzene rings is 1. The minimum atomic E-state index is -3.12. The summed E-state index contributed by atoms with van der Waals surface area (Å²) in [7, 11) is -1.81. The van der Waals surface area contributed by atoms with E-state index in [1.54, 1.807) is 24.3 Å². The molecule has 0 spiro atoms. The van der Waals surface area contributed by atoms with Crippen LogP contribution in [0.5, 0.6) is 0 Å². The first kappa shape index (κ1) is 15.7. The summed E-state index contributed by atoms with van der Waals surface area (Å²) in [6, 6.07) is 6.40. The summed E-state index contributed by atoms with van der Waals surface area (Å²) < 4.78 is 28.2. The van der Waals surface area contributed by atoms with E-state index in [4.69, 9.17) is 5.73 Å². The Morgan fingerprint density at radius 1 is 1.21 bits per heavy atom. The van der Waals surface area contributed by atoms with Crippen LogP contribution in [0.3, 0.4) is 0 Å². The highest BCUT2D eigenvalue weighted by atomic mass is 32.2. The summed E-state index contributed by atoms with van der Waals surface area (Å²) in [6.07, 6.45) is 1.29. The van der Waals surface area contributed by atoms with Crippen molar-refractivity contribution in [3.05, 3.63) is 35.4 Å². The molecule has 19 heavy (non-hydrogen) atoms. The van der Waals surface area contributed by atoms with Gasteiger partial charge in [0.1, 0.15) is 0 Å². The van der Waals surface area contributed by atoms with E-state index >= 15 is 0 Å². The van der Waals surface area contributed by atoms with Crippen LogP contribution in [0.2, 0.25) is 0 Å². The fourth-order valence-electron chi connectivity index (χ4n) is 1.65. The molecule has 6 heteroatoms. The lowest BCUT2D eigenvalue weighted by Gasteiger charge is -2.05. The Balaban J connectivity index is 2.64. The van der Waals surface area contributed by atoms with Crippen molar-refractivity contribution in [3.8, 4) is 0 Å². The maximum Gasteiger partial charge on any atom is 0.337 e. The Morgan fingerprint density at radius 2 is 1.84 bits per heavy atom. The van der Waals surface area contributed by atoms with Crippen LogP contribution in [0.15, 0.2) is 24.3 Å². The van der Waals surface area contributed by atoms with E-state index in [1.807, 2.05) is 0 Å². The van der Waals surface area contributed by atoms with E-state index in [9.17, 15) is 13.2 Å². The standard InChI is InChI=1S/C13H19NO4S/c1-18-13(15)12-6-4-11(5-7-12)10-19(16,17)9-3-2-8-14/h4-7H,2-3,8-10,14H2,1H3. The Hall–Kier alpha value is -1.40. The SMILES string of the molecule is COC(=O)c1ccc(CS(=O)(=O)CCCCN)cc1. The maximum atomic E-state index is 11.8. The molecular formula is C13H19NO4S. The number of hydrogen-bond acceptors (Lipinski definition) is 5. The monoisotopic (exact) mass is 285 g/mol. The first-order chi connectivity index (χ1) is 8.98. The predicted molar refractivity (Wildman–Crippen MR) is 73.6 cm³/mol. The van der Waals surface area contributed by atoms with Gasteiger partial charge in [-0.3, -0.25) is 0 Å². The number of unbranched alkanes of at least 4 members (excludes halogenated alkanes) is 1. The highest BCUT2D eigenvalue weighted by Crippen LogP contribution is 2.11. The third-order valence-electron chi connectivity index (χ3n) is 2.67. The van der Waals surface area contributed by atoms with E-state index in [0.717, 1.165) is 0 Å². The van der Waals surface area contributed by atoms with Gasteiger partial charge in [-0.15, -0.1) is 0 Å². The zero-order chi connectivity index (χ0) is 14.3. The van der Waals surface area contributed by atoms with E-state index in [1.165, 1.54) is 7.11 Å². The highest BCUT2D eigenvalue weighted by molar-refractivity contribution is 7.90. The quantitative estimate of drug-likeness (QED) is 0.599. The van der Waals surface area contributed by atoms with Gasteiger partial charge in [0.2, 0.25) is 0 Å². The lowest BCUT2D eigenvalue weighted by atomic mass is 10.1. The van der Waals surface area contributed by atoms with E-state index in [0.29, 0.717) is 30.5 Å². The molecule has 0 aromatic heterocycles. The first-order valence-corrected chi connectivity index (χ1v) is 7.88. The lowest BCUT2D eigenvalue weighted by molar-refractivity contribution is 0.0600. The second kappa shape index (κ2) is 7.25. The molecule has 1 aromatic rings. The van der Waals surface area contributed by atoms with Crippen molar-refractivity contribution in [3.63, 3.8) is 0 Å². The van der Waals surface area contributed by atoms with Gasteiger partial charge < -0.3 is 10.5 Å². The molecule has 0 fully saturated rings. The average molecular weight is 285 g/mol. The Kier molecular flexibility index (Phi) is 5.98. The van der Waals surface area contributed by atoms with Gasteiger partial charge in [0.05, 0.1) is 24.2 Å². The number of carbonyl (C=O) groups is 1. The van der Waals surface area contributed by atoms with Gasteiger partial charge in [-0.1, -0.05) is 12.1 Å². The molecule has 5 nitrogen and oxygen atoms in total. The zero-order valence-corrected chi connectivity index (χ0v) is 11.8. The fourth-order valence-corrected chi connectivity index (χ4v) is 3.14. The van der Waals surface area contributed by atoms with Gasteiger partial charge in [0.25, 0.3) is 0 Å². The van der Waals surface area contributed by atoms with E-state index in [-0.39, 0.29) is 11.5 Å². The number of carbonyl (C=O) groups excluding carboxylic acids is 1. The molecule has 2 N–H and O–H groups in total. The van der Waals surface area contributed by atoms with Crippen LogP contribution in [-0.2, 0) is 20.3 Å². The lowest BCUT2D eigenvalue weighted by Crippen LogP contribution is -2.11. The number of sulfone groups is 1. The summed E-state index contributed by atoms with van der Waals surface area (Å²) in [5.74, 6) is -0.306. The first-order valence-electron chi connectivity index (χ1n) is 6.06. The van der Waals surface area contributed by atoms with Crippen molar-refractivity contribution in [2.45, 2.75) is 18.6 Å². The molecule has 0 saturated heterocycles. The normalized spacial score (nSPS) is 11.3. The molecule has 0 radical (unpaired) electrons. The highest BCUT2D eigenvalue weighted by Gasteiger charge is 2.12. The molecule has 1 rings (SSSR count). The van der Waals surface area contributed by atoms with Crippen molar-refractivity contribution in [1.82, 2.24) is 0 Å². The Morgan fingerprint density at radius 3 is 2.37 bits per heavy atom. The molecule has 106 valence electrons. The van der Waals surface area contributed by atoms with E-state index in [2.05, 4.69) is 4.74 Å². The van der Waals surface area contributed by atoms with Crippen LogP contribution < -0.4 is 5.73 Å². The summed E-state index contributed by atoms with van der Waals surface area (Å²) in [5.41, 5.74) is 6.41. The molecule has 0 aliphatic carbocycles. The van der Waals surface area contributed by atoms with Crippen LogP contribution >= 0.6 is 0 Å². The number of hydrogen-bond donors (Lipinski definition) is 1. The van der Waals surface area contributed by atoms with E-state index < -0.39 is 15.8 Å². The number of ether oxygens (including phenoxy) is 1. The van der Waals surface area contributed by atoms with Gasteiger partial charge in [-0.05, 0) is 37.1 Å². The van der Waals surface area contributed by atoms with Crippen molar-refractivity contribution in [1.29, 1.82) is 0 Å². The molecule has 0 heterocycles. The van der Waals surface area contributed by atoms with Crippen molar-refractivity contribution < 1.29 is 17.9 Å². The summed E-state index contributed by atoms with van der Waals surface area (Å²) in [4.78, 5) is 11.2. The smallest absolute Gasteiger partial charge is 0.337 e. The number of methoxy groups -OCH3 is 1. The predicted octanol–water partition coefficient (Wildman–Crippen LogP) is 1.13. The van der Waals surface area contributed by atoms with Crippen LogP contribution in [0.1, 0.15) is 28.8 Å². The summed E-state index contributed by atoms with van der Waals surface area (Å²) >= 11 is 0. The van der Waals surface area contributed by atoms with Crippen LogP contribution in [0.25, 0.3) is 0 Å². The number of nitrogens with two attached hydrogens (primary N) is 1. The van der Waals surface area contributed by atoms with Crippen LogP contribution in [-0.4, -0.2) is 33.8 Å². The average Bonchev–Trinajstić information content (AvgIpc) is 2.38. The second-order valence-corrected chi connectivity index (χ2v) is 6.46. The molecule has 1 aromatic carbocycles. The van der Waals surface area contributed by atoms with Crippen molar-refractivity contribution in [2.24, 2.45) is 5.73 Å². The van der Waals surface area contributed by atoms with Gasteiger partial charge in [-0.25, -0.2) is 13.2 Å². The summed E-state index contributed by atoms with van der Waals surface area (Å²) in [6.45, 7) is 0.503. The molecule has 0 amide bonds.